The average Bonchev–Trinajstić information content (AvgIpc) is 3.50. The Morgan fingerprint density at radius 2 is 1.56 bits per heavy atom. The second-order valence-corrected chi connectivity index (χ2v) is 7.88. The number of anilines is 3. The zero-order valence-electron chi connectivity index (χ0n) is 17.0. The average molecular weight is 446 g/mol. The third kappa shape index (κ3) is 4.93. The van der Waals surface area contributed by atoms with E-state index in [-0.39, 0.29) is 17.6 Å². The van der Waals surface area contributed by atoms with Crippen molar-refractivity contribution in [2.75, 3.05) is 16.0 Å². The highest BCUT2D eigenvalue weighted by atomic mass is 32.1. The van der Waals surface area contributed by atoms with Gasteiger partial charge < -0.3 is 20.4 Å². The maximum Gasteiger partial charge on any atom is 0.291 e. The largest absolute Gasteiger partial charge is 0.459 e. The molecule has 0 fully saturated rings. The third-order valence-corrected chi connectivity index (χ3v) is 5.48. The summed E-state index contributed by atoms with van der Waals surface area (Å²) in [5, 5.41) is 10.2. The number of aryl methyl sites for hydroxylation is 1. The summed E-state index contributed by atoms with van der Waals surface area (Å²) in [5.74, 6) is -0.773. The van der Waals surface area contributed by atoms with Crippen LogP contribution in [0.25, 0.3) is 0 Å². The van der Waals surface area contributed by atoms with Crippen LogP contribution in [0.1, 0.15) is 36.1 Å². The lowest BCUT2D eigenvalue weighted by Gasteiger charge is -2.11. The first-order valence-corrected chi connectivity index (χ1v) is 10.6. The summed E-state index contributed by atoms with van der Waals surface area (Å²) >= 11 is 1.35. The van der Waals surface area contributed by atoms with E-state index < -0.39 is 5.91 Å². The minimum Gasteiger partial charge on any atom is -0.459 e. The molecule has 160 valence electrons. The van der Waals surface area contributed by atoms with Crippen molar-refractivity contribution in [2.45, 2.75) is 6.92 Å². The molecule has 32 heavy (non-hydrogen) atoms. The van der Waals surface area contributed by atoms with E-state index >= 15 is 0 Å². The van der Waals surface area contributed by atoms with Crippen LogP contribution in [0.15, 0.2) is 82.8 Å². The van der Waals surface area contributed by atoms with E-state index in [1.807, 2.05) is 18.4 Å². The van der Waals surface area contributed by atoms with Gasteiger partial charge in [0.05, 0.1) is 11.1 Å². The summed E-state index contributed by atoms with van der Waals surface area (Å²) in [5.41, 5.74) is 2.78. The Balaban J connectivity index is 1.46. The van der Waals surface area contributed by atoms with Gasteiger partial charge in [-0.1, -0.05) is 18.2 Å². The fraction of sp³-hybridized carbons (Fsp3) is 0.0417. The quantitative estimate of drug-likeness (QED) is 0.370. The zero-order chi connectivity index (χ0) is 22.5. The van der Waals surface area contributed by atoms with Gasteiger partial charge in [0.2, 0.25) is 0 Å². The maximum atomic E-state index is 12.8. The van der Waals surface area contributed by atoms with Crippen molar-refractivity contribution < 1.29 is 18.8 Å². The first kappa shape index (κ1) is 21.1. The van der Waals surface area contributed by atoms with Gasteiger partial charge >= 0.3 is 0 Å². The Morgan fingerprint density at radius 3 is 2.25 bits per heavy atom. The molecule has 4 aromatic rings. The van der Waals surface area contributed by atoms with Gasteiger partial charge in [0.25, 0.3) is 17.7 Å². The summed E-state index contributed by atoms with van der Waals surface area (Å²) in [7, 11) is 0. The van der Waals surface area contributed by atoms with E-state index in [0.29, 0.717) is 27.5 Å². The van der Waals surface area contributed by atoms with Gasteiger partial charge in [-0.05, 0) is 66.4 Å². The molecule has 0 saturated heterocycles. The molecule has 4 rings (SSSR count). The smallest absolute Gasteiger partial charge is 0.291 e. The van der Waals surface area contributed by atoms with Crippen LogP contribution in [-0.2, 0) is 0 Å². The SMILES string of the molecule is Cc1ccc(C(=O)Nc2cccc(NC(=O)c3cccs3)c2)cc1NC(=O)c1ccco1. The van der Waals surface area contributed by atoms with Crippen molar-refractivity contribution in [3.63, 3.8) is 0 Å². The predicted molar refractivity (Wildman–Crippen MR) is 125 cm³/mol. The predicted octanol–water partition coefficient (Wildman–Crippen LogP) is 5.41. The molecule has 0 spiro atoms. The van der Waals surface area contributed by atoms with Crippen LogP contribution in [0.4, 0.5) is 17.1 Å². The van der Waals surface area contributed by atoms with Crippen LogP contribution in [-0.4, -0.2) is 17.7 Å². The van der Waals surface area contributed by atoms with Crippen LogP contribution in [0.5, 0.6) is 0 Å². The first-order valence-electron chi connectivity index (χ1n) is 9.71. The molecule has 2 heterocycles. The van der Waals surface area contributed by atoms with Crippen molar-refractivity contribution in [1.29, 1.82) is 0 Å². The van der Waals surface area contributed by atoms with Crippen molar-refractivity contribution in [3.05, 3.63) is 100 Å². The van der Waals surface area contributed by atoms with Crippen LogP contribution < -0.4 is 16.0 Å². The molecule has 0 aliphatic carbocycles. The first-order chi connectivity index (χ1) is 15.5. The van der Waals surface area contributed by atoms with Gasteiger partial charge in [-0.25, -0.2) is 0 Å². The molecule has 0 aliphatic rings. The third-order valence-electron chi connectivity index (χ3n) is 4.62. The fourth-order valence-corrected chi connectivity index (χ4v) is 3.59. The van der Waals surface area contributed by atoms with Gasteiger partial charge in [-0.3, -0.25) is 14.4 Å². The van der Waals surface area contributed by atoms with Gasteiger partial charge in [0.1, 0.15) is 0 Å². The topological polar surface area (TPSA) is 100 Å². The van der Waals surface area contributed by atoms with Crippen molar-refractivity contribution in [3.8, 4) is 0 Å². The van der Waals surface area contributed by atoms with Crippen LogP contribution >= 0.6 is 11.3 Å². The Labute approximate surface area is 188 Å². The number of thiophene rings is 1. The monoisotopic (exact) mass is 445 g/mol. The number of carbonyl (C=O) groups excluding carboxylic acids is 3. The molecule has 7 nitrogen and oxygen atoms in total. The van der Waals surface area contributed by atoms with Crippen molar-refractivity contribution in [2.24, 2.45) is 0 Å². The van der Waals surface area contributed by atoms with Crippen LogP contribution in [0.2, 0.25) is 0 Å². The molecule has 3 N–H and O–H groups in total. The Morgan fingerprint density at radius 1 is 0.781 bits per heavy atom. The Kier molecular flexibility index (Phi) is 6.14. The maximum absolute atomic E-state index is 12.8. The second kappa shape index (κ2) is 9.32. The Bertz CT molecular complexity index is 1260. The number of hydrogen-bond donors (Lipinski definition) is 3. The van der Waals surface area contributed by atoms with E-state index in [1.54, 1.807) is 60.7 Å². The molecule has 2 aromatic carbocycles. The standard InChI is InChI=1S/C24H19N3O4S/c1-15-9-10-16(13-19(15)27-23(29)20-7-3-11-31-20)22(28)25-17-5-2-6-18(14-17)26-24(30)21-8-4-12-32-21/h2-14H,1H3,(H,25,28)(H,26,30)(H,27,29). The highest BCUT2D eigenvalue weighted by molar-refractivity contribution is 7.12. The summed E-state index contributed by atoms with van der Waals surface area (Å²) in [6.45, 7) is 1.83. The normalized spacial score (nSPS) is 10.4. The fourth-order valence-electron chi connectivity index (χ4n) is 2.97. The van der Waals surface area contributed by atoms with Gasteiger partial charge in [0.15, 0.2) is 5.76 Å². The second-order valence-electron chi connectivity index (χ2n) is 6.93. The molecule has 0 aliphatic heterocycles. The van der Waals surface area contributed by atoms with E-state index in [1.165, 1.54) is 17.6 Å². The highest BCUT2D eigenvalue weighted by Crippen LogP contribution is 2.21. The molecule has 0 bridgehead atoms. The lowest BCUT2D eigenvalue weighted by molar-refractivity contribution is 0.0992. The van der Waals surface area contributed by atoms with Crippen LogP contribution in [0, 0.1) is 6.92 Å². The number of carbonyl (C=O) groups is 3. The summed E-state index contributed by atoms with van der Waals surface area (Å²) < 4.78 is 5.11. The summed E-state index contributed by atoms with van der Waals surface area (Å²) in [4.78, 5) is 37.9. The Hall–Kier alpha value is -4.17. The molecule has 3 amide bonds. The molecule has 0 atom stereocenters. The molecular weight excluding hydrogens is 426 g/mol. The van der Waals surface area contributed by atoms with Crippen LogP contribution in [0.3, 0.4) is 0 Å². The number of benzene rings is 2. The van der Waals surface area contributed by atoms with Crippen molar-refractivity contribution in [1.82, 2.24) is 0 Å². The van der Waals surface area contributed by atoms with Gasteiger partial charge in [-0.15, -0.1) is 11.3 Å². The van der Waals surface area contributed by atoms with Gasteiger partial charge in [0, 0.05) is 22.6 Å². The molecule has 0 saturated carbocycles. The number of amides is 3. The summed E-state index contributed by atoms with van der Waals surface area (Å²) in [6, 6.07) is 18.7. The molecule has 2 aromatic heterocycles. The number of furan rings is 1. The highest BCUT2D eigenvalue weighted by Gasteiger charge is 2.14. The lowest BCUT2D eigenvalue weighted by Crippen LogP contribution is -2.15. The molecule has 8 heteroatoms. The number of hydrogen-bond acceptors (Lipinski definition) is 5. The van der Waals surface area contributed by atoms with Crippen molar-refractivity contribution >= 4 is 46.1 Å². The van der Waals surface area contributed by atoms with E-state index in [2.05, 4.69) is 16.0 Å². The number of rotatable bonds is 6. The minimum absolute atomic E-state index is 0.181. The molecule has 0 radical (unpaired) electrons. The van der Waals surface area contributed by atoms with E-state index in [0.717, 1.165) is 5.56 Å². The van der Waals surface area contributed by atoms with Gasteiger partial charge in [-0.2, -0.15) is 0 Å². The summed E-state index contributed by atoms with van der Waals surface area (Å²) in [6.07, 6.45) is 1.42. The van der Waals surface area contributed by atoms with E-state index in [9.17, 15) is 14.4 Å². The molecule has 0 unspecified atom stereocenters. The lowest BCUT2D eigenvalue weighted by atomic mass is 10.1. The number of nitrogens with one attached hydrogen (secondary N) is 3. The minimum atomic E-state index is -0.398. The molecular formula is C24H19N3O4S. The van der Waals surface area contributed by atoms with E-state index in [4.69, 9.17) is 4.42 Å². The zero-order valence-corrected chi connectivity index (χ0v) is 17.9.